The Balaban J connectivity index is 1.67. The zero-order chi connectivity index (χ0) is 20.1. The van der Waals surface area contributed by atoms with Gasteiger partial charge in [-0.1, -0.05) is 17.3 Å². The average Bonchev–Trinajstić information content (AvgIpc) is 3.09. The second-order valence-corrected chi connectivity index (χ2v) is 6.75. The van der Waals surface area contributed by atoms with Crippen molar-refractivity contribution in [3.63, 3.8) is 0 Å². The zero-order valence-electron chi connectivity index (χ0n) is 16.0. The van der Waals surface area contributed by atoms with Gasteiger partial charge in [-0.2, -0.15) is 4.98 Å². The summed E-state index contributed by atoms with van der Waals surface area (Å²) in [5, 5.41) is 6.65. The molecule has 1 saturated heterocycles. The molecule has 1 aromatic carbocycles. The molecule has 150 valence electrons. The number of hydrogen-bond acceptors (Lipinski definition) is 6. The van der Waals surface area contributed by atoms with E-state index in [9.17, 15) is 14.0 Å². The van der Waals surface area contributed by atoms with Crippen molar-refractivity contribution in [1.82, 2.24) is 25.3 Å². The van der Waals surface area contributed by atoms with Gasteiger partial charge in [0.15, 0.2) is 5.82 Å². The third-order valence-electron chi connectivity index (χ3n) is 4.74. The number of halogens is 1. The highest BCUT2D eigenvalue weighted by Gasteiger charge is 2.33. The van der Waals surface area contributed by atoms with Crippen molar-refractivity contribution < 1.29 is 18.5 Å². The Morgan fingerprint density at radius 1 is 1.39 bits per heavy atom. The molecule has 1 N–H and O–H groups in total. The van der Waals surface area contributed by atoms with Gasteiger partial charge in [0.25, 0.3) is 0 Å². The number of benzene rings is 1. The Kier molecular flexibility index (Phi) is 6.35. The van der Waals surface area contributed by atoms with E-state index < -0.39 is 6.04 Å². The van der Waals surface area contributed by atoms with Gasteiger partial charge in [0.1, 0.15) is 5.82 Å². The van der Waals surface area contributed by atoms with E-state index in [2.05, 4.69) is 15.5 Å². The number of piperazine rings is 1. The van der Waals surface area contributed by atoms with Crippen molar-refractivity contribution in [2.24, 2.45) is 0 Å². The first-order valence-electron chi connectivity index (χ1n) is 9.29. The largest absolute Gasteiger partial charge is 0.353 e. The minimum atomic E-state index is -0.577. The van der Waals surface area contributed by atoms with E-state index in [0.29, 0.717) is 37.9 Å². The van der Waals surface area contributed by atoms with E-state index in [4.69, 9.17) is 4.52 Å². The summed E-state index contributed by atoms with van der Waals surface area (Å²) in [6, 6.07) is 5.60. The Morgan fingerprint density at radius 2 is 2.14 bits per heavy atom. The lowest BCUT2D eigenvalue weighted by Gasteiger charge is -2.35. The summed E-state index contributed by atoms with van der Waals surface area (Å²) in [5.41, 5.74) is 0.892. The summed E-state index contributed by atoms with van der Waals surface area (Å²) < 4.78 is 18.1. The topological polar surface area (TPSA) is 91.6 Å². The van der Waals surface area contributed by atoms with Crippen LogP contribution in [-0.2, 0) is 22.7 Å². The van der Waals surface area contributed by atoms with E-state index in [1.54, 1.807) is 24.0 Å². The van der Waals surface area contributed by atoms with Gasteiger partial charge in [-0.3, -0.25) is 14.5 Å². The molecule has 1 fully saturated rings. The number of nitrogens with zero attached hydrogens (tertiary/aromatic N) is 4. The van der Waals surface area contributed by atoms with Crippen LogP contribution in [0.5, 0.6) is 0 Å². The number of amides is 2. The van der Waals surface area contributed by atoms with Crippen molar-refractivity contribution in [3.05, 3.63) is 47.4 Å². The van der Waals surface area contributed by atoms with Crippen LogP contribution in [0.4, 0.5) is 4.39 Å². The molecule has 3 rings (SSSR count). The SMILES string of the molecule is CCN(Cc1noc(C)n1)C(=O)C[C@@H]1C(=O)NCCN1Cc1ccc(F)cc1. The molecule has 2 aromatic rings. The lowest BCUT2D eigenvalue weighted by molar-refractivity contribution is -0.139. The van der Waals surface area contributed by atoms with Crippen molar-refractivity contribution >= 4 is 11.8 Å². The molecule has 28 heavy (non-hydrogen) atoms. The maximum atomic E-state index is 13.1. The minimum absolute atomic E-state index is 0.0533. The van der Waals surface area contributed by atoms with Crippen molar-refractivity contribution in [3.8, 4) is 0 Å². The molecule has 1 atom stereocenters. The van der Waals surface area contributed by atoms with Crippen LogP contribution < -0.4 is 5.32 Å². The van der Waals surface area contributed by atoms with Gasteiger partial charge in [-0.15, -0.1) is 0 Å². The Labute approximate surface area is 162 Å². The predicted molar refractivity (Wildman–Crippen MR) is 98.4 cm³/mol. The summed E-state index contributed by atoms with van der Waals surface area (Å²) in [5.74, 6) is 0.242. The van der Waals surface area contributed by atoms with Crippen LogP contribution in [0.25, 0.3) is 0 Å². The second-order valence-electron chi connectivity index (χ2n) is 6.75. The first-order chi connectivity index (χ1) is 13.5. The maximum Gasteiger partial charge on any atom is 0.237 e. The molecule has 0 aliphatic carbocycles. The Morgan fingerprint density at radius 3 is 2.79 bits per heavy atom. The summed E-state index contributed by atoms with van der Waals surface area (Å²) in [7, 11) is 0. The highest BCUT2D eigenvalue weighted by atomic mass is 19.1. The fourth-order valence-corrected chi connectivity index (χ4v) is 3.24. The number of rotatable bonds is 7. The van der Waals surface area contributed by atoms with Crippen molar-refractivity contribution in [2.75, 3.05) is 19.6 Å². The number of carbonyl (C=O) groups is 2. The van der Waals surface area contributed by atoms with Crippen LogP contribution in [0.15, 0.2) is 28.8 Å². The molecular formula is C19H24FN5O3. The van der Waals surface area contributed by atoms with Crippen LogP contribution in [0, 0.1) is 12.7 Å². The second kappa shape index (κ2) is 8.92. The number of aryl methyl sites for hydroxylation is 1. The first kappa shape index (κ1) is 19.9. The van der Waals surface area contributed by atoms with E-state index in [1.807, 2.05) is 11.8 Å². The molecule has 1 aliphatic rings. The smallest absolute Gasteiger partial charge is 0.237 e. The standard InChI is InChI=1S/C19H24FN5O3/c1-3-24(12-17-22-13(2)28-23-17)18(26)10-16-19(27)21-8-9-25(16)11-14-4-6-15(20)7-5-14/h4-7,16H,3,8-12H2,1-2H3,(H,21,27)/t16-/m1/s1. The third-order valence-corrected chi connectivity index (χ3v) is 4.74. The molecule has 9 heteroatoms. The number of hydrogen-bond donors (Lipinski definition) is 1. The quantitative estimate of drug-likeness (QED) is 0.767. The monoisotopic (exact) mass is 389 g/mol. The molecule has 2 amide bonds. The van der Waals surface area contributed by atoms with E-state index in [0.717, 1.165) is 5.56 Å². The van der Waals surface area contributed by atoms with Crippen molar-refractivity contribution in [2.45, 2.75) is 39.4 Å². The summed E-state index contributed by atoms with van der Waals surface area (Å²) in [6.07, 6.45) is 0.0533. The Bertz CT molecular complexity index is 823. The normalized spacial score (nSPS) is 17.4. The van der Waals surface area contributed by atoms with Gasteiger partial charge < -0.3 is 14.7 Å². The first-order valence-corrected chi connectivity index (χ1v) is 9.29. The van der Waals surface area contributed by atoms with Gasteiger partial charge >= 0.3 is 0 Å². The molecular weight excluding hydrogens is 365 g/mol. The molecule has 2 heterocycles. The Hall–Kier alpha value is -2.81. The van der Waals surface area contributed by atoms with Gasteiger partial charge in [0.2, 0.25) is 17.7 Å². The van der Waals surface area contributed by atoms with Crippen molar-refractivity contribution in [1.29, 1.82) is 0 Å². The lowest BCUT2D eigenvalue weighted by atomic mass is 10.1. The van der Waals surface area contributed by atoms with E-state index in [1.165, 1.54) is 12.1 Å². The molecule has 8 nitrogen and oxygen atoms in total. The highest BCUT2D eigenvalue weighted by molar-refractivity contribution is 5.88. The fraction of sp³-hybridized carbons (Fsp3) is 0.474. The molecule has 0 bridgehead atoms. The van der Waals surface area contributed by atoms with Crippen LogP contribution in [0.2, 0.25) is 0 Å². The van der Waals surface area contributed by atoms with Gasteiger partial charge in [-0.05, 0) is 24.6 Å². The zero-order valence-corrected chi connectivity index (χ0v) is 16.0. The van der Waals surface area contributed by atoms with E-state index in [-0.39, 0.29) is 30.6 Å². The third kappa shape index (κ3) is 4.92. The number of nitrogens with one attached hydrogen (secondary N) is 1. The highest BCUT2D eigenvalue weighted by Crippen LogP contribution is 2.16. The van der Waals surface area contributed by atoms with Crippen LogP contribution in [0.1, 0.15) is 30.6 Å². The summed E-state index contributed by atoms with van der Waals surface area (Å²) in [6.45, 7) is 5.87. The number of aromatic nitrogens is 2. The summed E-state index contributed by atoms with van der Waals surface area (Å²) in [4.78, 5) is 32.9. The van der Waals surface area contributed by atoms with Gasteiger partial charge in [0.05, 0.1) is 19.0 Å². The lowest BCUT2D eigenvalue weighted by Crippen LogP contribution is -2.56. The molecule has 0 saturated carbocycles. The average molecular weight is 389 g/mol. The van der Waals surface area contributed by atoms with Crippen LogP contribution in [-0.4, -0.2) is 57.4 Å². The fourth-order valence-electron chi connectivity index (χ4n) is 3.24. The molecule has 0 unspecified atom stereocenters. The maximum absolute atomic E-state index is 13.1. The van der Waals surface area contributed by atoms with Gasteiger partial charge in [-0.25, -0.2) is 4.39 Å². The molecule has 1 aliphatic heterocycles. The number of carbonyl (C=O) groups excluding carboxylic acids is 2. The summed E-state index contributed by atoms with van der Waals surface area (Å²) >= 11 is 0. The van der Waals surface area contributed by atoms with Crippen LogP contribution >= 0.6 is 0 Å². The van der Waals surface area contributed by atoms with Gasteiger partial charge in [0, 0.05) is 33.1 Å². The van der Waals surface area contributed by atoms with Crippen LogP contribution in [0.3, 0.4) is 0 Å². The van der Waals surface area contributed by atoms with E-state index >= 15 is 0 Å². The molecule has 0 radical (unpaired) electrons. The predicted octanol–water partition coefficient (Wildman–Crippen LogP) is 1.26. The molecule has 1 aromatic heterocycles. The minimum Gasteiger partial charge on any atom is -0.353 e. The molecule has 0 spiro atoms.